The highest BCUT2D eigenvalue weighted by atomic mass is 32.1. The molecular weight excluding hydrogens is 408 g/mol. The Morgan fingerprint density at radius 2 is 1.39 bits per heavy atom. The second-order valence-electron chi connectivity index (χ2n) is 7.09. The van der Waals surface area contributed by atoms with E-state index in [1.807, 2.05) is 74.5 Å². The highest BCUT2D eigenvalue weighted by molar-refractivity contribution is 7.71. The van der Waals surface area contributed by atoms with E-state index in [2.05, 4.69) is 10.2 Å². The van der Waals surface area contributed by atoms with Crippen LogP contribution in [0.3, 0.4) is 0 Å². The second-order valence-corrected chi connectivity index (χ2v) is 7.45. The summed E-state index contributed by atoms with van der Waals surface area (Å²) in [7, 11) is 0. The average Bonchev–Trinajstić information content (AvgIpc) is 2.77. The van der Waals surface area contributed by atoms with Gasteiger partial charge in [0.25, 0.3) is 5.56 Å². The number of rotatable bonds is 4. The average molecular weight is 429 g/mol. The molecule has 1 aromatic heterocycles. The van der Waals surface area contributed by atoms with E-state index in [1.165, 1.54) is 9.13 Å². The van der Waals surface area contributed by atoms with Crippen LogP contribution in [0.4, 0.5) is 11.4 Å². The zero-order chi connectivity index (χ0) is 22.0. The van der Waals surface area contributed by atoms with Gasteiger partial charge in [0.15, 0.2) is 4.77 Å². The minimum Gasteiger partial charge on any atom is -0.492 e. The molecule has 0 fully saturated rings. The predicted octanol–water partition coefficient (Wildman–Crippen LogP) is 6.10. The molecule has 6 nitrogen and oxygen atoms in total. The maximum absolute atomic E-state index is 13.3. The summed E-state index contributed by atoms with van der Waals surface area (Å²) in [5, 5.41) is 19.4. The number of aryl methyl sites for hydroxylation is 2. The SMILES string of the molecule is Cc1ccc(-n2c(O)c(N=Nc3ccccc3C)c(=O)n(-c3ccccc3)c2=S)cc1. The molecule has 3 aromatic carbocycles. The summed E-state index contributed by atoms with van der Waals surface area (Å²) in [5.74, 6) is -0.358. The predicted molar refractivity (Wildman–Crippen MR) is 124 cm³/mol. The minimum atomic E-state index is -0.547. The van der Waals surface area contributed by atoms with Crippen LogP contribution in [0.15, 0.2) is 93.9 Å². The van der Waals surface area contributed by atoms with Gasteiger partial charge in [-0.1, -0.05) is 54.1 Å². The molecule has 0 aliphatic rings. The van der Waals surface area contributed by atoms with Crippen molar-refractivity contribution in [2.24, 2.45) is 10.2 Å². The molecule has 0 radical (unpaired) electrons. The zero-order valence-corrected chi connectivity index (χ0v) is 17.9. The first-order valence-corrected chi connectivity index (χ1v) is 10.1. The topological polar surface area (TPSA) is 71.9 Å². The van der Waals surface area contributed by atoms with E-state index >= 15 is 0 Å². The van der Waals surface area contributed by atoms with Gasteiger partial charge in [0.1, 0.15) is 0 Å². The van der Waals surface area contributed by atoms with Crippen LogP contribution in [0.5, 0.6) is 5.88 Å². The molecular formula is C24H20N4O2S. The Morgan fingerprint density at radius 1 is 0.774 bits per heavy atom. The van der Waals surface area contributed by atoms with E-state index in [0.29, 0.717) is 17.1 Å². The molecule has 0 spiro atoms. The van der Waals surface area contributed by atoms with Crippen LogP contribution >= 0.6 is 12.2 Å². The molecule has 0 unspecified atom stereocenters. The zero-order valence-electron chi connectivity index (χ0n) is 17.1. The molecule has 0 bridgehead atoms. The first-order chi connectivity index (χ1) is 15.0. The molecule has 154 valence electrons. The Labute approximate surface area is 184 Å². The van der Waals surface area contributed by atoms with Crippen molar-refractivity contribution in [1.82, 2.24) is 9.13 Å². The molecule has 0 saturated heterocycles. The molecule has 4 aromatic rings. The molecule has 0 atom stereocenters. The Morgan fingerprint density at radius 3 is 2.06 bits per heavy atom. The molecule has 31 heavy (non-hydrogen) atoms. The molecule has 7 heteroatoms. The van der Waals surface area contributed by atoms with Crippen LogP contribution in [-0.4, -0.2) is 14.2 Å². The van der Waals surface area contributed by atoms with E-state index < -0.39 is 5.56 Å². The monoisotopic (exact) mass is 428 g/mol. The quantitative estimate of drug-likeness (QED) is 0.315. The van der Waals surface area contributed by atoms with Crippen LogP contribution in [0.2, 0.25) is 0 Å². The maximum atomic E-state index is 13.3. The normalized spacial score (nSPS) is 11.2. The van der Waals surface area contributed by atoms with Crippen LogP contribution in [0, 0.1) is 18.6 Å². The first-order valence-electron chi connectivity index (χ1n) is 9.68. The number of aromatic hydroxyl groups is 1. The molecule has 0 aliphatic heterocycles. The molecule has 0 aliphatic carbocycles. The number of para-hydroxylation sites is 1. The molecule has 1 N–H and O–H groups in total. The van der Waals surface area contributed by atoms with E-state index in [1.54, 1.807) is 18.2 Å². The lowest BCUT2D eigenvalue weighted by Crippen LogP contribution is -2.23. The van der Waals surface area contributed by atoms with E-state index in [9.17, 15) is 9.90 Å². The lowest BCUT2D eigenvalue weighted by molar-refractivity contribution is 0.432. The summed E-state index contributed by atoms with van der Waals surface area (Å²) in [6.07, 6.45) is 0. The fraction of sp³-hybridized carbons (Fsp3) is 0.0833. The van der Waals surface area contributed by atoms with Crippen molar-refractivity contribution in [2.75, 3.05) is 0 Å². The van der Waals surface area contributed by atoms with Gasteiger partial charge >= 0.3 is 0 Å². The van der Waals surface area contributed by atoms with Crippen LogP contribution in [0.1, 0.15) is 11.1 Å². The minimum absolute atomic E-state index is 0.132. The van der Waals surface area contributed by atoms with Crippen LogP contribution < -0.4 is 5.56 Å². The Balaban J connectivity index is 2.01. The summed E-state index contributed by atoms with van der Waals surface area (Å²) < 4.78 is 2.91. The van der Waals surface area contributed by atoms with E-state index in [0.717, 1.165) is 11.1 Å². The number of hydrogen-bond donors (Lipinski definition) is 1. The summed E-state index contributed by atoms with van der Waals surface area (Å²) >= 11 is 5.62. The smallest absolute Gasteiger partial charge is 0.290 e. The fourth-order valence-electron chi connectivity index (χ4n) is 3.18. The number of azo groups is 1. The standard InChI is InChI=1S/C24H20N4O2S/c1-16-12-14-19(15-13-16)28-23(30)21(26-25-20-11-7-6-8-17(20)2)22(29)27(24(28)31)18-9-4-3-5-10-18/h3-15,30H,1-2H3. The van der Waals surface area contributed by atoms with Gasteiger partial charge < -0.3 is 5.11 Å². The van der Waals surface area contributed by atoms with Gasteiger partial charge in [-0.15, -0.1) is 10.2 Å². The third kappa shape index (κ3) is 3.95. The van der Waals surface area contributed by atoms with Crippen molar-refractivity contribution in [2.45, 2.75) is 13.8 Å². The van der Waals surface area contributed by atoms with Crippen molar-refractivity contribution < 1.29 is 5.11 Å². The van der Waals surface area contributed by atoms with Gasteiger partial charge in [0, 0.05) is 0 Å². The molecule has 4 rings (SSSR count). The number of nitrogens with zero attached hydrogens (tertiary/aromatic N) is 4. The largest absolute Gasteiger partial charge is 0.492 e. The number of benzene rings is 3. The van der Waals surface area contributed by atoms with Crippen molar-refractivity contribution in [3.8, 4) is 17.3 Å². The third-order valence-electron chi connectivity index (χ3n) is 4.89. The summed E-state index contributed by atoms with van der Waals surface area (Å²) in [4.78, 5) is 13.3. The summed E-state index contributed by atoms with van der Waals surface area (Å²) in [6.45, 7) is 3.87. The Kier molecular flexibility index (Phi) is 5.60. The van der Waals surface area contributed by atoms with Crippen LogP contribution in [-0.2, 0) is 0 Å². The van der Waals surface area contributed by atoms with Crippen molar-refractivity contribution in [1.29, 1.82) is 0 Å². The third-order valence-corrected chi connectivity index (χ3v) is 5.26. The lowest BCUT2D eigenvalue weighted by Gasteiger charge is -2.16. The molecule has 0 saturated carbocycles. The van der Waals surface area contributed by atoms with Crippen molar-refractivity contribution >= 4 is 23.6 Å². The Hall–Kier alpha value is -3.84. The number of aromatic nitrogens is 2. The maximum Gasteiger partial charge on any atom is 0.290 e. The first kappa shape index (κ1) is 20.4. The number of hydrogen-bond acceptors (Lipinski definition) is 5. The molecule has 1 heterocycles. The van der Waals surface area contributed by atoms with Gasteiger partial charge in [-0.05, 0) is 62.0 Å². The lowest BCUT2D eigenvalue weighted by atomic mass is 10.2. The van der Waals surface area contributed by atoms with E-state index in [-0.39, 0.29) is 16.3 Å². The molecule has 0 amide bonds. The highest BCUT2D eigenvalue weighted by Gasteiger charge is 2.19. The van der Waals surface area contributed by atoms with Crippen LogP contribution in [0.25, 0.3) is 11.4 Å². The van der Waals surface area contributed by atoms with Crippen molar-refractivity contribution in [3.63, 3.8) is 0 Å². The Bertz CT molecular complexity index is 1390. The fourth-order valence-corrected chi connectivity index (χ4v) is 3.56. The second kappa shape index (κ2) is 8.49. The summed E-state index contributed by atoms with van der Waals surface area (Å²) in [6, 6.07) is 23.9. The van der Waals surface area contributed by atoms with E-state index in [4.69, 9.17) is 12.2 Å². The van der Waals surface area contributed by atoms with Gasteiger partial charge in [-0.2, -0.15) is 0 Å². The van der Waals surface area contributed by atoms with Gasteiger partial charge in [0.2, 0.25) is 11.6 Å². The van der Waals surface area contributed by atoms with Gasteiger partial charge in [0.05, 0.1) is 17.1 Å². The highest BCUT2D eigenvalue weighted by Crippen LogP contribution is 2.29. The van der Waals surface area contributed by atoms with Gasteiger partial charge in [-0.3, -0.25) is 13.9 Å². The summed E-state index contributed by atoms with van der Waals surface area (Å²) in [5.41, 5.74) is 3.02. The van der Waals surface area contributed by atoms with Gasteiger partial charge in [-0.25, -0.2) is 0 Å². The van der Waals surface area contributed by atoms with Crippen molar-refractivity contribution in [3.05, 3.63) is 105 Å².